The van der Waals surface area contributed by atoms with Gasteiger partial charge in [-0.05, 0) is 19.1 Å². The smallest absolute Gasteiger partial charge is 0.239 e. The molecule has 0 aliphatic heterocycles. The monoisotopic (exact) mass is 266 g/mol. The van der Waals surface area contributed by atoms with Crippen molar-refractivity contribution in [2.45, 2.75) is 19.9 Å². The van der Waals surface area contributed by atoms with Gasteiger partial charge in [0.25, 0.3) is 0 Å². The lowest BCUT2D eigenvalue weighted by molar-refractivity contribution is -0.121. The number of alkyl halides is 1. The van der Waals surface area contributed by atoms with Crippen LogP contribution in [0.5, 0.6) is 0 Å². The first-order valence-corrected chi connectivity index (χ1v) is 6.28. The average molecular weight is 267 g/mol. The quantitative estimate of drug-likeness (QED) is 0.848. The van der Waals surface area contributed by atoms with Crippen LogP contribution in [0.4, 0.5) is 0 Å². The molecule has 1 amide bonds. The van der Waals surface area contributed by atoms with Gasteiger partial charge in [-0.1, -0.05) is 0 Å². The van der Waals surface area contributed by atoms with Gasteiger partial charge in [-0.3, -0.25) is 4.79 Å². The lowest BCUT2D eigenvalue weighted by atomic mass is 10.3. The molecule has 0 aliphatic carbocycles. The molecule has 0 spiro atoms. The number of aromatic nitrogens is 3. The van der Waals surface area contributed by atoms with E-state index in [1.54, 1.807) is 7.05 Å². The molecule has 6 heteroatoms. The fourth-order valence-corrected chi connectivity index (χ4v) is 1.98. The summed E-state index contributed by atoms with van der Waals surface area (Å²) in [5.74, 6) is 1.19. The lowest BCUT2D eigenvalue weighted by Gasteiger charge is -2.06. The molecule has 0 saturated carbocycles. The van der Waals surface area contributed by atoms with E-state index in [1.165, 1.54) is 0 Å². The van der Waals surface area contributed by atoms with Crippen LogP contribution in [0.25, 0.3) is 11.2 Å². The van der Waals surface area contributed by atoms with Gasteiger partial charge in [-0.2, -0.15) is 0 Å². The van der Waals surface area contributed by atoms with Crippen molar-refractivity contribution in [2.24, 2.45) is 0 Å². The van der Waals surface area contributed by atoms with Gasteiger partial charge in [0.15, 0.2) is 5.65 Å². The molecule has 0 aliphatic rings. The summed E-state index contributed by atoms with van der Waals surface area (Å²) in [6.45, 7) is 2.13. The highest BCUT2D eigenvalue weighted by Crippen LogP contribution is 2.15. The number of nitrogens with zero attached hydrogens (tertiary/aromatic N) is 3. The zero-order chi connectivity index (χ0) is 13.1. The van der Waals surface area contributed by atoms with Crippen molar-refractivity contribution in [1.82, 2.24) is 19.9 Å². The summed E-state index contributed by atoms with van der Waals surface area (Å²) in [4.78, 5) is 20.5. The molecule has 18 heavy (non-hydrogen) atoms. The van der Waals surface area contributed by atoms with Gasteiger partial charge < -0.3 is 9.88 Å². The standard InChI is InChI=1S/C12H15ClN4O/c1-8-3-4-9-12(15-8)17(7-11(18)14-2)10(16-9)5-6-13/h3-4H,5-7H2,1-2H3,(H,14,18). The highest BCUT2D eigenvalue weighted by Gasteiger charge is 2.13. The highest BCUT2D eigenvalue weighted by molar-refractivity contribution is 6.17. The minimum atomic E-state index is -0.0755. The minimum absolute atomic E-state index is 0.0755. The van der Waals surface area contributed by atoms with Gasteiger partial charge in [0.2, 0.25) is 5.91 Å². The summed E-state index contributed by atoms with van der Waals surface area (Å²) in [6.07, 6.45) is 0.619. The van der Waals surface area contributed by atoms with Crippen LogP contribution in [0.2, 0.25) is 0 Å². The van der Waals surface area contributed by atoms with E-state index < -0.39 is 0 Å². The van der Waals surface area contributed by atoms with Crippen molar-refractivity contribution in [3.8, 4) is 0 Å². The molecule has 2 heterocycles. The maximum absolute atomic E-state index is 11.5. The van der Waals surface area contributed by atoms with Crippen molar-refractivity contribution in [1.29, 1.82) is 0 Å². The second kappa shape index (κ2) is 5.35. The molecule has 2 aromatic rings. The van der Waals surface area contributed by atoms with Gasteiger partial charge in [-0.25, -0.2) is 9.97 Å². The van der Waals surface area contributed by atoms with E-state index in [0.29, 0.717) is 12.3 Å². The Bertz CT molecular complexity index is 579. The number of fused-ring (bicyclic) bond motifs is 1. The first-order chi connectivity index (χ1) is 8.65. The molecule has 2 rings (SSSR count). The maximum Gasteiger partial charge on any atom is 0.239 e. The molecule has 0 radical (unpaired) electrons. The van der Waals surface area contributed by atoms with Crippen molar-refractivity contribution >= 4 is 28.7 Å². The van der Waals surface area contributed by atoms with Crippen LogP contribution >= 0.6 is 11.6 Å². The fourth-order valence-electron chi connectivity index (χ4n) is 1.81. The largest absolute Gasteiger partial charge is 0.358 e. The van der Waals surface area contributed by atoms with E-state index in [1.807, 2.05) is 23.6 Å². The molecular weight excluding hydrogens is 252 g/mol. The minimum Gasteiger partial charge on any atom is -0.358 e. The topological polar surface area (TPSA) is 59.8 Å². The molecule has 2 aromatic heterocycles. The third-order valence-corrected chi connectivity index (χ3v) is 2.90. The first kappa shape index (κ1) is 12.8. The number of amides is 1. The third kappa shape index (κ3) is 2.46. The normalized spacial score (nSPS) is 10.8. The number of hydrogen-bond acceptors (Lipinski definition) is 3. The number of nitrogens with one attached hydrogen (secondary N) is 1. The van der Waals surface area contributed by atoms with E-state index in [4.69, 9.17) is 11.6 Å². The summed E-state index contributed by atoms with van der Waals surface area (Å²) in [5.41, 5.74) is 2.43. The molecule has 0 unspecified atom stereocenters. The zero-order valence-corrected chi connectivity index (χ0v) is 11.2. The van der Waals surface area contributed by atoms with Crippen LogP contribution in [0.15, 0.2) is 12.1 Å². The molecule has 0 bridgehead atoms. The van der Waals surface area contributed by atoms with E-state index >= 15 is 0 Å². The Morgan fingerprint density at radius 1 is 1.44 bits per heavy atom. The number of carbonyl (C=O) groups is 1. The number of pyridine rings is 1. The van der Waals surface area contributed by atoms with Crippen molar-refractivity contribution in [3.63, 3.8) is 0 Å². The Kier molecular flexibility index (Phi) is 3.81. The number of rotatable bonds is 4. The summed E-state index contributed by atoms with van der Waals surface area (Å²) >= 11 is 5.76. The van der Waals surface area contributed by atoms with Crippen molar-refractivity contribution < 1.29 is 4.79 Å². The third-order valence-electron chi connectivity index (χ3n) is 2.71. The number of hydrogen-bond donors (Lipinski definition) is 1. The molecule has 0 saturated heterocycles. The Labute approximate surface area is 110 Å². The van der Waals surface area contributed by atoms with E-state index in [9.17, 15) is 4.79 Å². The van der Waals surface area contributed by atoms with Gasteiger partial charge in [0.1, 0.15) is 17.9 Å². The van der Waals surface area contributed by atoms with Gasteiger partial charge in [0.05, 0.1) is 0 Å². The predicted octanol–water partition coefficient (Wildman–Crippen LogP) is 1.27. The van der Waals surface area contributed by atoms with Crippen molar-refractivity contribution in [2.75, 3.05) is 12.9 Å². The van der Waals surface area contributed by atoms with Gasteiger partial charge >= 0.3 is 0 Å². The molecule has 96 valence electrons. The second-order valence-electron chi connectivity index (χ2n) is 4.02. The number of aryl methyl sites for hydroxylation is 2. The Balaban J connectivity index is 2.53. The summed E-state index contributed by atoms with van der Waals surface area (Å²) in [5, 5.41) is 2.60. The van der Waals surface area contributed by atoms with E-state index in [2.05, 4.69) is 15.3 Å². The average Bonchev–Trinajstić information content (AvgIpc) is 2.68. The highest BCUT2D eigenvalue weighted by atomic mass is 35.5. The lowest BCUT2D eigenvalue weighted by Crippen LogP contribution is -2.24. The van der Waals surface area contributed by atoms with Crippen LogP contribution in [0.3, 0.4) is 0 Å². The summed E-state index contributed by atoms with van der Waals surface area (Å²) < 4.78 is 1.82. The molecular formula is C12H15ClN4O. The Morgan fingerprint density at radius 2 is 2.22 bits per heavy atom. The summed E-state index contributed by atoms with van der Waals surface area (Å²) in [7, 11) is 1.61. The SMILES string of the molecule is CNC(=O)Cn1c(CCCl)nc2ccc(C)nc21. The van der Waals surface area contributed by atoms with Gasteiger partial charge in [0, 0.05) is 25.0 Å². The second-order valence-corrected chi connectivity index (χ2v) is 4.40. The molecule has 0 aromatic carbocycles. The fraction of sp³-hybridized carbons (Fsp3) is 0.417. The number of halogens is 1. The van der Waals surface area contributed by atoms with Gasteiger partial charge in [-0.15, -0.1) is 11.6 Å². The number of likely N-dealkylation sites (N-methyl/N-ethyl adjacent to an activating group) is 1. The van der Waals surface area contributed by atoms with Crippen LogP contribution in [0.1, 0.15) is 11.5 Å². The first-order valence-electron chi connectivity index (χ1n) is 5.75. The molecule has 1 N–H and O–H groups in total. The number of imidazole rings is 1. The Hall–Kier alpha value is -1.62. The maximum atomic E-state index is 11.5. The summed E-state index contributed by atoms with van der Waals surface area (Å²) in [6, 6.07) is 3.82. The van der Waals surface area contributed by atoms with E-state index in [0.717, 1.165) is 22.7 Å². The van der Waals surface area contributed by atoms with Crippen LogP contribution < -0.4 is 5.32 Å². The molecule has 0 fully saturated rings. The predicted molar refractivity (Wildman–Crippen MR) is 70.8 cm³/mol. The van der Waals surface area contributed by atoms with Crippen LogP contribution in [-0.4, -0.2) is 33.4 Å². The van der Waals surface area contributed by atoms with E-state index in [-0.39, 0.29) is 12.5 Å². The number of carbonyl (C=O) groups excluding carboxylic acids is 1. The van der Waals surface area contributed by atoms with Crippen LogP contribution in [-0.2, 0) is 17.8 Å². The molecule has 0 atom stereocenters. The zero-order valence-electron chi connectivity index (χ0n) is 10.4. The Morgan fingerprint density at radius 3 is 2.89 bits per heavy atom. The van der Waals surface area contributed by atoms with Crippen LogP contribution in [0, 0.1) is 6.92 Å². The van der Waals surface area contributed by atoms with Crippen molar-refractivity contribution in [3.05, 3.63) is 23.7 Å². The molecule has 5 nitrogen and oxygen atoms in total.